The van der Waals surface area contributed by atoms with E-state index in [0.29, 0.717) is 19.3 Å². The molecule has 0 saturated heterocycles. The molecular weight excluding hydrogens is 901 g/mol. The molecule has 0 N–H and O–H groups in total. The van der Waals surface area contributed by atoms with Crippen molar-refractivity contribution in [2.24, 2.45) is 0 Å². The van der Waals surface area contributed by atoms with Crippen molar-refractivity contribution in [3.63, 3.8) is 0 Å². The Balaban J connectivity index is 4.49. The Morgan fingerprint density at radius 2 is 0.534 bits per heavy atom. The third-order valence-electron chi connectivity index (χ3n) is 12.7. The van der Waals surface area contributed by atoms with Crippen molar-refractivity contribution in [1.82, 2.24) is 0 Å². The highest BCUT2D eigenvalue weighted by Gasteiger charge is 2.19. The van der Waals surface area contributed by atoms with E-state index in [4.69, 9.17) is 14.2 Å². The molecule has 0 rings (SSSR count). The van der Waals surface area contributed by atoms with Gasteiger partial charge in [0.05, 0.1) is 0 Å². The summed E-state index contributed by atoms with van der Waals surface area (Å²) in [6, 6.07) is 0. The van der Waals surface area contributed by atoms with Crippen LogP contribution in [-0.2, 0) is 28.6 Å². The standard InChI is InChI=1S/C67H112O6/c1-4-7-10-13-16-19-22-25-28-31-33-36-39-42-45-48-51-54-57-60-66(69)72-63-64(62-71-65(68)59-56-53-50-47-44-41-38-35-30-27-24-21-18-15-12-9-6-3)73-67(70)61-58-55-52-49-46-43-40-37-34-32-29-26-23-20-17-14-11-8-5-2/h7,10,16-17,19-20,25-30,33-34,36-37,42,45,64H,4-6,8-9,11-15,18,21-24,31-32,35,38-41,43-44,46-63H2,1-3H3/b10-7-,19-16-,20-17-,28-25-,29-26-,30-27-,36-33-,37-34-,45-42-/t64-/m1/s1. The lowest BCUT2D eigenvalue weighted by Crippen LogP contribution is -2.30. The van der Waals surface area contributed by atoms with Gasteiger partial charge in [-0.15, -0.1) is 0 Å². The highest BCUT2D eigenvalue weighted by atomic mass is 16.6. The molecule has 0 aliphatic rings. The van der Waals surface area contributed by atoms with E-state index in [1.165, 1.54) is 116 Å². The van der Waals surface area contributed by atoms with Gasteiger partial charge in [-0.1, -0.05) is 239 Å². The van der Waals surface area contributed by atoms with Gasteiger partial charge in [0.1, 0.15) is 13.2 Å². The van der Waals surface area contributed by atoms with Gasteiger partial charge >= 0.3 is 17.9 Å². The minimum absolute atomic E-state index is 0.0974. The fourth-order valence-corrected chi connectivity index (χ4v) is 8.18. The Bertz CT molecular complexity index is 1490. The molecule has 0 aromatic heterocycles. The SMILES string of the molecule is CC/C=C\C/C=C\C/C=C\C/C=C\C/C=C\CCCCCC(=O)OC[C@@H](COC(=O)CCCCCCCCC/C=C\CCCCCCCC)OC(=O)CCCCCCCC/C=C\C/C=C\C/C=C\CCCCC. The number of carbonyl (C=O) groups is 3. The van der Waals surface area contributed by atoms with Crippen LogP contribution >= 0.6 is 0 Å². The minimum atomic E-state index is -0.804. The number of esters is 3. The van der Waals surface area contributed by atoms with Crippen molar-refractivity contribution < 1.29 is 28.6 Å². The molecule has 0 bridgehead atoms. The Morgan fingerprint density at radius 3 is 0.890 bits per heavy atom. The van der Waals surface area contributed by atoms with E-state index >= 15 is 0 Å². The lowest BCUT2D eigenvalue weighted by Gasteiger charge is -2.18. The molecule has 1 atom stereocenters. The second-order valence-corrected chi connectivity index (χ2v) is 19.9. The van der Waals surface area contributed by atoms with E-state index < -0.39 is 6.10 Å². The van der Waals surface area contributed by atoms with Gasteiger partial charge in [-0.2, -0.15) is 0 Å². The molecule has 416 valence electrons. The average molecular weight is 1010 g/mol. The van der Waals surface area contributed by atoms with Crippen LogP contribution in [0.3, 0.4) is 0 Å². The lowest BCUT2D eigenvalue weighted by atomic mass is 10.1. The van der Waals surface area contributed by atoms with Gasteiger partial charge in [0, 0.05) is 19.3 Å². The summed E-state index contributed by atoms with van der Waals surface area (Å²) in [5, 5.41) is 0. The Morgan fingerprint density at radius 1 is 0.288 bits per heavy atom. The molecule has 6 heteroatoms. The summed E-state index contributed by atoms with van der Waals surface area (Å²) in [6.07, 6.45) is 82.2. The van der Waals surface area contributed by atoms with Gasteiger partial charge in [-0.3, -0.25) is 14.4 Å². The van der Waals surface area contributed by atoms with Crippen molar-refractivity contribution in [3.05, 3.63) is 109 Å². The summed E-state index contributed by atoms with van der Waals surface area (Å²) in [5.41, 5.74) is 0. The van der Waals surface area contributed by atoms with Gasteiger partial charge in [0.15, 0.2) is 6.10 Å². The number of hydrogen-bond acceptors (Lipinski definition) is 6. The van der Waals surface area contributed by atoms with Gasteiger partial charge < -0.3 is 14.2 Å². The van der Waals surface area contributed by atoms with Crippen molar-refractivity contribution >= 4 is 17.9 Å². The van der Waals surface area contributed by atoms with Crippen LogP contribution < -0.4 is 0 Å². The quantitative estimate of drug-likeness (QED) is 0.0261. The summed E-state index contributed by atoms with van der Waals surface area (Å²) < 4.78 is 16.9. The molecule has 0 aliphatic heterocycles. The first-order valence-electron chi connectivity index (χ1n) is 30.4. The van der Waals surface area contributed by atoms with Crippen LogP contribution in [0.5, 0.6) is 0 Å². The maximum atomic E-state index is 12.9. The van der Waals surface area contributed by atoms with Gasteiger partial charge in [0.2, 0.25) is 0 Å². The first-order chi connectivity index (χ1) is 36.0. The molecule has 0 aromatic carbocycles. The lowest BCUT2D eigenvalue weighted by molar-refractivity contribution is -0.167. The third kappa shape index (κ3) is 58.8. The van der Waals surface area contributed by atoms with Gasteiger partial charge in [-0.05, 0) is 128 Å². The zero-order valence-corrected chi connectivity index (χ0v) is 47.6. The fourth-order valence-electron chi connectivity index (χ4n) is 8.18. The number of rotatable bonds is 54. The molecule has 0 aliphatic carbocycles. The monoisotopic (exact) mass is 1010 g/mol. The smallest absolute Gasteiger partial charge is 0.306 e. The van der Waals surface area contributed by atoms with Crippen LogP contribution in [0, 0.1) is 0 Å². The molecule has 73 heavy (non-hydrogen) atoms. The predicted octanol–water partition coefficient (Wildman–Crippen LogP) is 20.7. The molecule has 0 fully saturated rings. The number of hydrogen-bond donors (Lipinski definition) is 0. The first kappa shape index (κ1) is 69.1. The number of allylic oxidation sites excluding steroid dienone is 18. The normalized spacial score (nSPS) is 12.9. The number of unbranched alkanes of at least 4 members (excludes halogenated alkanes) is 25. The topological polar surface area (TPSA) is 78.9 Å². The van der Waals surface area contributed by atoms with Crippen LogP contribution in [0.15, 0.2) is 109 Å². The Labute approximate surface area is 450 Å². The summed E-state index contributed by atoms with van der Waals surface area (Å²) in [7, 11) is 0. The summed E-state index contributed by atoms with van der Waals surface area (Å²) in [6.45, 7) is 6.46. The van der Waals surface area contributed by atoms with Crippen LogP contribution in [0.4, 0.5) is 0 Å². The molecule has 0 heterocycles. The largest absolute Gasteiger partial charge is 0.462 e. The van der Waals surface area contributed by atoms with Crippen LogP contribution in [0.25, 0.3) is 0 Å². The highest BCUT2D eigenvalue weighted by molar-refractivity contribution is 5.71. The summed E-state index contributed by atoms with van der Waals surface area (Å²) in [4.78, 5) is 38.3. The number of carbonyl (C=O) groups excluding carboxylic acids is 3. The van der Waals surface area contributed by atoms with Crippen LogP contribution in [0.1, 0.15) is 278 Å². The van der Waals surface area contributed by atoms with Crippen LogP contribution in [0.2, 0.25) is 0 Å². The molecular formula is C67H112O6. The fraction of sp³-hybridized carbons (Fsp3) is 0.687. The summed E-state index contributed by atoms with van der Waals surface area (Å²) >= 11 is 0. The zero-order valence-electron chi connectivity index (χ0n) is 47.6. The summed E-state index contributed by atoms with van der Waals surface area (Å²) in [5.74, 6) is -0.944. The zero-order chi connectivity index (χ0) is 52.9. The molecule has 0 spiro atoms. The Hall–Kier alpha value is -3.93. The predicted molar refractivity (Wildman–Crippen MR) is 316 cm³/mol. The average Bonchev–Trinajstić information content (AvgIpc) is 3.39. The maximum absolute atomic E-state index is 12.9. The molecule has 0 unspecified atom stereocenters. The molecule has 0 aromatic rings. The van der Waals surface area contributed by atoms with Crippen molar-refractivity contribution in [1.29, 1.82) is 0 Å². The third-order valence-corrected chi connectivity index (χ3v) is 12.7. The van der Waals surface area contributed by atoms with E-state index in [1.54, 1.807) is 0 Å². The van der Waals surface area contributed by atoms with E-state index in [-0.39, 0.29) is 31.1 Å². The second kappa shape index (κ2) is 60.6. The van der Waals surface area contributed by atoms with E-state index in [9.17, 15) is 14.4 Å². The van der Waals surface area contributed by atoms with E-state index in [0.717, 1.165) is 122 Å². The Kier molecular flexibility index (Phi) is 57.4. The van der Waals surface area contributed by atoms with Gasteiger partial charge in [-0.25, -0.2) is 0 Å². The maximum Gasteiger partial charge on any atom is 0.306 e. The molecule has 0 saturated carbocycles. The van der Waals surface area contributed by atoms with Crippen LogP contribution in [-0.4, -0.2) is 37.2 Å². The molecule has 6 nitrogen and oxygen atoms in total. The van der Waals surface area contributed by atoms with Crippen molar-refractivity contribution in [2.75, 3.05) is 13.2 Å². The molecule has 0 radical (unpaired) electrons. The molecule has 0 amide bonds. The van der Waals surface area contributed by atoms with Crippen molar-refractivity contribution in [3.8, 4) is 0 Å². The highest BCUT2D eigenvalue weighted by Crippen LogP contribution is 2.14. The minimum Gasteiger partial charge on any atom is -0.462 e. The van der Waals surface area contributed by atoms with E-state index in [2.05, 4.69) is 130 Å². The second-order valence-electron chi connectivity index (χ2n) is 19.9. The van der Waals surface area contributed by atoms with Crippen molar-refractivity contribution in [2.45, 2.75) is 284 Å². The number of ether oxygens (including phenoxy) is 3. The van der Waals surface area contributed by atoms with E-state index in [1.807, 2.05) is 0 Å². The van der Waals surface area contributed by atoms with Gasteiger partial charge in [0.25, 0.3) is 0 Å². The first-order valence-corrected chi connectivity index (χ1v) is 30.4.